The number of hydrogen-bond acceptors (Lipinski definition) is 3. The van der Waals surface area contributed by atoms with E-state index in [2.05, 4.69) is 15.0 Å². The Kier molecular flexibility index (Phi) is 2.19. The number of rotatable bonds is 0. The summed E-state index contributed by atoms with van der Waals surface area (Å²) in [5, 5.41) is 0. The van der Waals surface area contributed by atoms with Crippen molar-refractivity contribution in [1.29, 1.82) is 0 Å². The van der Waals surface area contributed by atoms with Crippen molar-refractivity contribution in [3.63, 3.8) is 0 Å². The molecule has 0 saturated carbocycles. The molecule has 0 aliphatic carbocycles. The second-order valence-corrected chi connectivity index (χ2v) is 2.12. The number of pyridine rings is 1. The maximum Gasteiger partial charge on any atom is 0.266 e. The zero-order valence-electron chi connectivity index (χ0n) is 5.61. The van der Waals surface area contributed by atoms with Crippen LogP contribution >= 0.6 is 0 Å². The van der Waals surface area contributed by atoms with Crippen molar-refractivity contribution in [2.45, 2.75) is 7.43 Å². The van der Waals surface area contributed by atoms with Crippen molar-refractivity contribution in [2.24, 2.45) is 0 Å². The summed E-state index contributed by atoms with van der Waals surface area (Å²) in [6.45, 7) is 0. The molecule has 0 bridgehead atoms. The molecule has 0 unspecified atom stereocenters. The lowest BCUT2D eigenvalue weighted by Gasteiger charge is -1.91. The number of hydrogen-bond donors (Lipinski definition) is 1. The van der Waals surface area contributed by atoms with E-state index in [4.69, 9.17) is 0 Å². The Balaban J connectivity index is 0.000000720. The van der Waals surface area contributed by atoms with E-state index in [9.17, 15) is 4.79 Å². The van der Waals surface area contributed by atoms with Crippen molar-refractivity contribution in [2.75, 3.05) is 0 Å². The van der Waals surface area contributed by atoms with E-state index in [-0.39, 0.29) is 13.0 Å². The van der Waals surface area contributed by atoms with Crippen molar-refractivity contribution < 1.29 is 0 Å². The summed E-state index contributed by atoms with van der Waals surface area (Å²) in [6.07, 6.45) is 2.85. The molecule has 2 rings (SSSR count). The summed E-state index contributed by atoms with van der Waals surface area (Å²) in [4.78, 5) is 21.1. The zero-order chi connectivity index (χ0) is 7.68. The highest BCUT2D eigenvalue weighted by molar-refractivity contribution is 5.67. The highest BCUT2D eigenvalue weighted by atomic mass is 16.1. The van der Waals surface area contributed by atoms with E-state index in [1.165, 1.54) is 6.20 Å². The first-order valence-electron chi connectivity index (χ1n) is 3.16. The molecule has 1 N–H and O–H groups in total. The number of aromatic amines is 1. The lowest BCUT2D eigenvalue weighted by atomic mass is 10.4. The van der Waals surface area contributed by atoms with Crippen LogP contribution in [0.15, 0.2) is 29.3 Å². The van der Waals surface area contributed by atoms with E-state index < -0.39 is 0 Å². The monoisotopic (exact) mass is 163 g/mol. The quantitative estimate of drug-likeness (QED) is 0.629. The molecular weight excluding hydrogens is 154 g/mol. The number of nitrogens with zero attached hydrogens (tertiary/aromatic N) is 2. The summed E-state index contributed by atoms with van der Waals surface area (Å²) in [5.74, 6) is 0. The molecule has 0 saturated heterocycles. The SMILES string of the molecule is C.O=c1cnc2ncccc2[nH]1. The topological polar surface area (TPSA) is 58.6 Å². The standard InChI is InChI=1S/C7H5N3O.CH4/c11-6-4-9-7-5(10-6)2-1-3-8-7;/h1-4H,(H,10,11);1H4. The van der Waals surface area contributed by atoms with Crippen LogP contribution in [0, 0.1) is 0 Å². The van der Waals surface area contributed by atoms with Crippen LogP contribution in [-0.4, -0.2) is 15.0 Å². The minimum Gasteiger partial charge on any atom is -0.318 e. The summed E-state index contributed by atoms with van der Waals surface area (Å²) in [6, 6.07) is 3.51. The van der Waals surface area contributed by atoms with Crippen LogP contribution in [0.2, 0.25) is 0 Å². The van der Waals surface area contributed by atoms with Gasteiger partial charge in [0, 0.05) is 6.20 Å². The smallest absolute Gasteiger partial charge is 0.266 e. The van der Waals surface area contributed by atoms with Crippen molar-refractivity contribution in [3.8, 4) is 0 Å². The highest BCUT2D eigenvalue weighted by Crippen LogP contribution is 1.98. The van der Waals surface area contributed by atoms with Gasteiger partial charge in [0.25, 0.3) is 5.56 Å². The third kappa shape index (κ3) is 1.32. The average molecular weight is 163 g/mol. The minimum absolute atomic E-state index is 0. The molecule has 0 fully saturated rings. The van der Waals surface area contributed by atoms with Crippen LogP contribution in [0.3, 0.4) is 0 Å². The molecule has 0 spiro atoms. The lowest BCUT2D eigenvalue weighted by molar-refractivity contribution is 1.17. The van der Waals surface area contributed by atoms with Gasteiger partial charge in [-0.15, -0.1) is 0 Å². The highest BCUT2D eigenvalue weighted by Gasteiger charge is 1.92. The maximum atomic E-state index is 10.7. The van der Waals surface area contributed by atoms with Gasteiger partial charge in [0.1, 0.15) is 0 Å². The number of fused-ring (bicyclic) bond motifs is 1. The third-order valence-electron chi connectivity index (χ3n) is 1.35. The first kappa shape index (κ1) is 8.39. The van der Waals surface area contributed by atoms with Crippen molar-refractivity contribution >= 4 is 11.2 Å². The second kappa shape index (κ2) is 3.13. The molecule has 62 valence electrons. The van der Waals surface area contributed by atoms with Gasteiger partial charge in [-0.1, -0.05) is 7.43 Å². The van der Waals surface area contributed by atoms with Gasteiger partial charge < -0.3 is 4.98 Å². The minimum atomic E-state index is -0.203. The van der Waals surface area contributed by atoms with E-state index in [0.717, 1.165) is 0 Å². The van der Waals surface area contributed by atoms with E-state index in [1.807, 2.05) is 0 Å². The molecule has 2 aromatic heterocycles. The van der Waals surface area contributed by atoms with E-state index in [1.54, 1.807) is 18.3 Å². The Hall–Kier alpha value is -1.71. The molecule has 0 aliphatic heterocycles. The summed E-state index contributed by atoms with van der Waals surface area (Å²) >= 11 is 0. The van der Waals surface area contributed by atoms with Crippen LogP contribution in [0.1, 0.15) is 7.43 Å². The van der Waals surface area contributed by atoms with Gasteiger partial charge in [0.2, 0.25) is 0 Å². The number of aromatic nitrogens is 3. The molecule has 0 radical (unpaired) electrons. The van der Waals surface area contributed by atoms with Crippen molar-refractivity contribution in [1.82, 2.24) is 15.0 Å². The predicted octanol–water partition coefficient (Wildman–Crippen LogP) is 0.954. The molecule has 12 heavy (non-hydrogen) atoms. The Labute approximate surface area is 69.3 Å². The molecular formula is C8H9N3O. The first-order valence-corrected chi connectivity index (χ1v) is 3.16. The fraction of sp³-hybridized carbons (Fsp3) is 0.125. The van der Waals surface area contributed by atoms with Crippen LogP contribution in [0.25, 0.3) is 11.2 Å². The molecule has 4 heteroatoms. The molecule has 0 amide bonds. The summed E-state index contributed by atoms with van der Waals surface area (Å²) in [7, 11) is 0. The Morgan fingerprint density at radius 2 is 2.17 bits per heavy atom. The molecule has 0 aliphatic rings. The van der Waals surface area contributed by atoms with Gasteiger partial charge in [-0.25, -0.2) is 9.97 Å². The predicted molar refractivity (Wildman–Crippen MR) is 46.9 cm³/mol. The number of nitrogens with one attached hydrogen (secondary N) is 1. The van der Waals surface area contributed by atoms with Crippen LogP contribution in [-0.2, 0) is 0 Å². The summed E-state index contributed by atoms with van der Waals surface area (Å²) in [5.41, 5.74) is 1.03. The van der Waals surface area contributed by atoms with E-state index in [0.29, 0.717) is 11.2 Å². The average Bonchev–Trinajstić information content (AvgIpc) is 2.04. The van der Waals surface area contributed by atoms with Gasteiger partial charge in [-0.2, -0.15) is 0 Å². The molecule has 4 nitrogen and oxygen atoms in total. The van der Waals surface area contributed by atoms with Gasteiger partial charge >= 0.3 is 0 Å². The maximum absolute atomic E-state index is 10.7. The summed E-state index contributed by atoms with van der Waals surface area (Å²) < 4.78 is 0. The third-order valence-corrected chi connectivity index (χ3v) is 1.35. The van der Waals surface area contributed by atoms with Crippen LogP contribution in [0.4, 0.5) is 0 Å². The van der Waals surface area contributed by atoms with Gasteiger partial charge in [-0.05, 0) is 12.1 Å². The molecule has 0 atom stereocenters. The van der Waals surface area contributed by atoms with Crippen LogP contribution in [0.5, 0.6) is 0 Å². The molecule has 0 aromatic carbocycles. The Morgan fingerprint density at radius 3 is 3.00 bits per heavy atom. The largest absolute Gasteiger partial charge is 0.318 e. The van der Waals surface area contributed by atoms with Crippen LogP contribution < -0.4 is 5.56 Å². The second-order valence-electron chi connectivity index (χ2n) is 2.12. The van der Waals surface area contributed by atoms with E-state index >= 15 is 0 Å². The molecule has 2 heterocycles. The Bertz CT molecular complexity index is 435. The van der Waals surface area contributed by atoms with Gasteiger partial charge in [0.05, 0.1) is 11.7 Å². The fourth-order valence-electron chi connectivity index (χ4n) is 0.882. The first-order chi connectivity index (χ1) is 5.36. The lowest BCUT2D eigenvalue weighted by Crippen LogP contribution is -2.05. The Morgan fingerprint density at radius 1 is 1.33 bits per heavy atom. The number of H-pyrrole nitrogens is 1. The molecule has 2 aromatic rings. The normalized spacial score (nSPS) is 9.33. The zero-order valence-corrected chi connectivity index (χ0v) is 5.61. The van der Waals surface area contributed by atoms with Gasteiger partial charge in [-0.3, -0.25) is 4.79 Å². The fourth-order valence-corrected chi connectivity index (χ4v) is 0.882. The van der Waals surface area contributed by atoms with Gasteiger partial charge in [0.15, 0.2) is 5.65 Å². The van der Waals surface area contributed by atoms with Crippen molar-refractivity contribution in [3.05, 3.63) is 34.9 Å².